The first-order chi connectivity index (χ1) is 8.09. The highest BCUT2D eigenvalue weighted by Crippen LogP contribution is 2.17. The maximum Gasteiger partial charge on any atom is 0.318 e. The Balaban J connectivity index is 2.33. The number of benzene rings is 1. The zero-order chi connectivity index (χ0) is 12.4. The number of rotatable bonds is 2. The molecule has 0 aliphatic rings. The topological polar surface area (TPSA) is 90.0 Å². The van der Waals surface area contributed by atoms with Gasteiger partial charge in [-0.2, -0.15) is 0 Å². The Bertz CT molecular complexity index is 576. The Morgan fingerprint density at radius 3 is 2.82 bits per heavy atom. The number of amides is 3. The van der Waals surface area contributed by atoms with E-state index in [2.05, 4.69) is 4.98 Å². The van der Waals surface area contributed by atoms with Gasteiger partial charge in [-0.15, -0.1) is 0 Å². The van der Waals surface area contributed by atoms with Crippen LogP contribution in [0.2, 0.25) is 0 Å². The molecular weight excluding hydrogens is 220 g/mol. The van der Waals surface area contributed by atoms with Crippen LogP contribution in [0.5, 0.6) is 0 Å². The van der Waals surface area contributed by atoms with E-state index in [0.29, 0.717) is 0 Å². The molecule has 0 fully saturated rings. The van der Waals surface area contributed by atoms with E-state index in [4.69, 9.17) is 5.73 Å². The molecule has 0 saturated heterocycles. The summed E-state index contributed by atoms with van der Waals surface area (Å²) < 4.78 is 1.69. The molecule has 1 unspecified atom stereocenters. The van der Waals surface area contributed by atoms with Gasteiger partial charge < -0.3 is 10.3 Å². The Morgan fingerprint density at radius 1 is 1.41 bits per heavy atom. The van der Waals surface area contributed by atoms with Crippen LogP contribution in [-0.2, 0) is 4.79 Å². The Labute approximate surface area is 97.4 Å². The average molecular weight is 232 g/mol. The number of carbonyl (C=O) groups excluding carboxylic acids is 2. The molecular formula is C11H12N4O2. The van der Waals surface area contributed by atoms with E-state index in [-0.39, 0.29) is 0 Å². The van der Waals surface area contributed by atoms with Crippen molar-refractivity contribution in [3.8, 4) is 0 Å². The molecule has 6 heteroatoms. The van der Waals surface area contributed by atoms with Gasteiger partial charge in [0, 0.05) is 0 Å². The minimum absolute atomic E-state index is 0.458. The second kappa shape index (κ2) is 4.25. The summed E-state index contributed by atoms with van der Waals surface area (Å²) in [6.07, 6.45) is 1.57. The number of imidazole rings is 1. The summed E-state index contributed by atoms with van der Waals surface area (Å²) in [5.41, 5.74) is 6.53. The monoisotopic (exact) mass is 232 g/mol. The largest absolute Gasteiger partial charge is 0.351 e. The van der Waals surface area contributed by atoms with Gasteiger partial charge in [-0.25, -0.2) is 9.78 Å². The molecule has 0 saturated carbocycles. The van der Waals surface area contributed by atoms with Gasteiger partial charge in [0.2, 0.25) is 0 Å². The molecule has 3 N–H and O–H groups in total. The zero-order valence-corrected chi connectivity index (χ0v) is 9.25. The van der Waals surface area contributed by atoms with Gasteiger partial charge in [-0.3, -0.25) is 10.1 Å². The van der Waals surface area contributed by atoms with Crippen molar-refractivity contribution in [2.24, 2.45) is 5.73 Å². The summed E-state index contributed by atoms with van der Waals surface area (Å²) >= 11 is 0. The molecule has 0 spiro atoms. The van der Waals surface area contributed by atoms with Crippen molar-refractivity contribution in [3.63, 3.8) is 0 Å². The van der Waals surface area contributed by atoms with Crippen LogP contribution in [0.3, 0.4) is 0 Å². The second-order valence-corrected chi connectivity index (χ2v) is 3.67. The molecule has 17 heavy (non-hydrogen) atoms. The maximum absolute atomic E-state index is 11.6. The summed E-state index contributed by atoms with van der Waals surface area (Å²) in [4.78, 5) is 26.4. The van der Waals surface area contributed by atoms with E-state index in [1.165, 1.54) is 0 Å². The third-order valence-corrected chi connectivity index (χ3v) is 2.52. The maximum atomic E-state index is 11.6. The Morgan fingerprint density at radius 2 is 2.12 bits per heavy atom. The fraction of sp³-hybridized carbons (Fsp3) is 0.182. The summed E-state index contributed by atoms with van der Waals surface area (Å²) in [7, 11) is 0. The van der Waals surface area contributed by atoms with Gasteiger partial charge in [0.25, 0.3) is 5.91 Å². The number of nitrogens with two attached hydrogens (primary N) is 1. The molecule has 6 nitrogen and oxygen atoms in total. The number of hydrogen-bond acceptors (Lipinski definition) is 3. The first-order valence-corrected chi connectivity index (χ1v) is 5.11. The molecule has 88 valence electrons. The van der Waals surface area contributed by atoms with Gasteiger partial charge in [-0.1, -0.05) is 12.1 Å². The van der Waals surface area contributed by atoms with Crippen molar-refractivity contribution in [2.75, 3.05) is 0 Å². The third-order valence-electron chi connectivity index (χ3n) is 2.52. The van der Waals surface area contributed by atoms with E-state index in [9.17, 15) is 9.59 Å². The molecule has 0 aliphatic heterocycles. The lowest BCUT2D eigenvalue weighted by molar-refractivity contribution is -0.122. The lowest BCUT2D eigenvalue weighted by Gasteiger charge is -2.12. The number of urea groups is 1. The quantitative estimate of drug-likeness (QED) is 0.802. The summed E-state index contributed by atoms with van der Waals surface area (Å²) in [5.74, 6) is -0.458. The lowest BCUT2D eigenvalue weighted by Crippen LogP contribution is -2.38. The van der Waals surface area contributed by atoms with Gasteiger partial charge in [0.1, 0.15) is 6.04 Å². The van der Waals surface area contributed by atoms with Crippen LogP contribution in [0.1, 0.15) is 13.0 Å². The van der Waals surface area contributed by atoms with Gasteiger partial charge in [0.05, 0.1) is 17.4 Å². The second-order valence-electron chi connectivity index (χ2n) is 3.67. The first kappa shape index (κ1) is 11.1. The highest BCUT2D eigenvalue weighted by Gasteiger charge is 2.17. The van der Waals surface area contributed by atoms with E-state index >= 15 is 0 Å². The van der Waals surface area contributed by atoms with E-state index in [1.54, 1.807) is 17.8 Å². The summed E-state index contributed by atoms with van der Waals surface area (Å²) in [6.45, 7) is 1.67. The molecule has 1 atom stereocenters. The van der Waals surface area contributed by atoms with Crippen LogP contribution >= 0.6 is 0 Å². The van der Waals surface area contributed by atoms with Crippen LogP contribution in [-0.4, -0.2) is 21.5 Å². The van der Waals surface area contributed by atoms with Gasteiger partial charge in [-0.05, 0) is 19.1 Å². The summed E-state index contributed by atoms with van der Waals surface area (Å²) in [6, 6.07) is 6.04. The Hall–Kier alpha value is -2.37. The number of hydrogen-bond donors (Lipinski definition) is 2. The highest BCUT2D eigenvalue weighted by atomic mass is 16.2. The van der Waals surface area contributed by atoms with Crippen molar-refractivity contribution in [1.29, 1.82) is 0 Å². The normalized spacial score (nSPS) is 12.3. The standard InChI is InChI=1S/C11H12N4O2/c1-7(10(16)14-11(12)17)15-6-13-8-4-2-3-5-9(8)15/h2-7H,1H3,(H3,12,14,16,17). The smallest absolute Gasteiger partial charge is 0.318 e. The molecule has 1 heterocycles. The lowest BCUT2D eigenvalue weighted by atomic mass is 10.2. The van der Waals surface area contributed by atoms with Crippen LogP contribution in [0.4, 0.5) is 4.79 Å². The fourth-order valence-corrected chi connectivity index (χ4v) is 1.64. The molecule has 2 aromatic rings. The molecule has 1 aromatic heterocycles. The minimum Gasteiger partial charge on any atom is -0.351 e. The van der Waals surface area contributed by atoms with E-state index < -0.39 is 18.0 Å². The van der Waals surface area contributed by atoms with Crippen LogP contribution in [0.15, 0.2) is 30.6 Å². The SMILES string of the molecule is CC(C(=O)NC(N)=O)n1cnc2ccccc21. The van der Waals surface area contributed by atoms with E-state index in [1.807, 2.05) is 29.6 Å². The average Bonchev–Trinajstić information content (AvgIpc) is 2.70. The number of aromatic nitrogens is 2. The molecule has 0 bridgehead atoms. The minimum atomic E-state index is -0.855. The molecule has 0 radical (unpaired) electrons. The van der Waals surface area contributed by atoms with Crippen LogP contribution in [0.25, 0.3) is 11.0 Å². The first-order valence-electron chi connectivity index (χ1n) is 5.11. The van der Waals surface area contributed by atoms with Gasteiger partial charge in [0.15, 0.2) is 0 Å². The van der Waals surface area contributed by atoms with Crippen molar-refractivity contribution in [3.05, 3.63) is 30.6 Å². The fourth-order valence-electron chi connectivity index (χ4n) is 1.64. The molecule has 2 rings (SSSR count). The predicted octanol–water partition coefficient (Wildman–Crippen LogP) is 0.792. The molecule has 3 amide bonds. The van der Waals surface area contributed by atoms with Crippen molar-refractivity contribution < 1.29 is 9.59 Å². The molecule has 1 aromatic carbocycles. The van der Waals surface area contributed by atoms with Gasteiger partial charge >= 0.3 is 6.03 Å². The number of para-hydroxylation sites is 2. The van der Waals surface area contributed by atoms with Crippen molar-refractivity contribution >= 4 is 23.0 Å². The number of nitrogens with zero attached hydrogens (tertiary/aromatic N) is 2. The van der Waals surface area contributed by atoms with Crippen LogP contribution < -0.4 is 11.1 Å². The number of fused-ring (bicyclic) bond motifs is 1. The van der Waals surface area contributed by atoms with Crippen LogP contribution in [0, 0.1) is 0 Å². The summed E-state index contributed by atoms with van der Waals surface area (Å²) in [5, 5.41) is 2.05. The highest BCUT2D eigenvalue weighted by molar-refractivity contribution is 5.96. The third kappa shape index (κ3) is 2.10. The predicted molar refractivity (Wildman–Crippen MR) is 62.2 cm³/mol. The van der Waals surface area contributed by atoms with E-state index in [0.717, 1.165) is 11.0 Å². The van der Waals surface area contributed by atoms with Crippen molar-refractivity contribution in [2.45, 2.75) is 13.0 Å². The van der Waals surface area contributed by atoms with Crippen molar-refractivity contribution in [1.82, 2.24) is 14.9 Å². The zero-order valence-electron chi connectivity index (χ0n) is 9.25. The number of primary amides is 1. The number of imide groups is 1. The molecule has 0 aliphatic carbocycles. The Kier molecular flexibility index (Phi) is 2.78. The number of carbonyl (C=O) groups is 2. The number of nitrogens with one attached hydrogen (secondary N) is 1.